The minimum Gasteiger partial charge on any atom is -0.508 e. The Morgan fingerprint density at radius 1 is 1.03 bits per heavy atom. The number of hydrogen-bond acceptors (Lipinski definition) is 13. The molecule has 1 aliphatic heterocycles. The number of anilines is 2. The minimum atomic E-state index is -1.08. The van der Waals surface area contributed by atoms with E-state index >= 15 is 0 Å². The van der Waals surface area contributed by atoms with Gasteiger partial charge in [0, 0.05) is 26.8 Å². The maximum absolute atomic E-state index is 11.9. The molecule has 4 rings (SSSR count). The number of carbonyl (C=O) groups excluding carboxylic acids is 3. The number of imidazole rings is 1. The molecule has 3 heterocycles. The van der Waals surface area contributed by atoms with E-state index in [2.05, 4.69) is 25.8 Å². The summed E-state index contributed by atoms with van der Waals surface area (Å²) >= 11 is 0. The lowest BCUT2D eigenvalue weighted by Crippen LogP contribution is -2.40. The molecule has 4 atom stereocenters. The molecule has 3 aromatic rings. The second kappa shape index (κ2) is 10.4. The van der Waals surface area contributed by atoms with E-state index in [9.17, 15) is 19.5 Å². The van der Waals surface area contributed by atoms with Gasteiger partial charge < -0.3 is 24.1 Å². The molecule has 1 aliphatic rings. The first-order valence-corrected chi connectivity index (χ1v) is 10.8. The summed E-state index contributed by atoms with van der Waals surface area (Å²) < 4.78 is 23.5. The Labute approximate surface area is 204 Å². The van der Waals surface area contributed by atoms with Gasteiger partial charge in [-0.1, -0.05) is 6.07 Å². The lowest BCUT2D eigenvalue weighted by atomic mass is 10.1. The molecule has 0 radical (unpaired) electrons. The van der Waals surface area contributed by atoms with E-state index in [0.717, 1.165) is 0 Å². The maximum atomic E-state index is 11.9. The molecule has 1 aromatic carbocycles. The first kappa shape index (κ1) is 24.7. The summed E-state index contributed by atoms with van der Waals surface area (Å²) in [4.78, 5) is 47.9. The van der Waals surface area contributed by atoms with Crippen LogP contribution in [0.5, 0.6) is 5.75 Å². The Morgan fingerprint density at radius 3 is 2.47 bits per heavy atom. The standard InChI is InChI=1S/C22H24N6O8/c1-11(29)33-8-16-18(34-12(2)30)19(35-13(3)31)22(36-16)28-10-25-17-20(23-9-24-21(17)28)27-26-14-5-4-6-15(32)7-14/h4-7,9-10,16,18-19,22,26,32H,8H2,1-3H3,(H,23,24,27)/t16-,18?,19?,22-/m1/s1. The van der Waals surface area contributed by atoms with Crippen molar-refractivity contribution in [3.05, 3.63) is 36.9 Å². The van der Waals surface area contributed by atoms with Crippen LogP contribution in [0.4, 0.5) is 11.5 Å². The molecule has 2 aromatic heterocycles. The van der Waals surface area contributed by atoms with Crippen LogP contribution in [0.3, 0.4) is 0 Å². The first-order valence-electron chi connectivity index (χ1n) is 10.8. The second-order valence-corrected chi connectivity index (χ2v) is 7.86. The summed E-state index contributed by atoms with van der Waals surface area (Å²) in [5.74, 6) is -1.41. The topological polar surface area (TPSA) is 176 Å². The van der Waals surface area contributed by atoms with E-state index in [4.69, 9.17) is 18.9 Å². The Bertz CT molecular complexity index is 1280. The van der Waals surface area contributed by atoms with Crippen LogP contribution in [0.25, 0.3) is 11.2 Å². The van der Waals surface area contributed by atoms with Crippen LogP contribution in [-0.2, 0) is 33.3 Å². The number of fused-ring (bicyclic) bond motifs is 1. The molecule has 190 valence electrons. The van der Waals surface area contributed by atoms with Crippen LogP contribution in [0.2, 0.25) is 0 Å². The Balaban J connectivity index is 1.65. The van der Waals surface area contributed by atoms with Gasteiger partial charge in [0.15, 0.2) is 35.4 Å². The van der Waals surface area contributed by atoms with E-state index in [1.54, 1.807) is 12.1 Å². The van der Waals surface area contributed by atoms with Gasteiger partial charge in [-0.3, -0.25) is 29.8 Å². The number of phenols is 1. The molecule has 3 N–H and O–H groups in total. The second-order valence-electron chi connectivity index (χ2n) is 7.86. The number of aromatic nitrogens is 4. The molecule has 36 heavy (non-hydrogen) atoms. The van der Waals surface area contributed by atoms with E-state index in [1.807, 2.05) is 0 Å². The van der Waals surface area contributed by atoms with Crippen molar-refractivity contribution in [2.75, 3.05) is 17.5 Å². The highest BCUT2D eigenvalue weighted by molar-refractivity contribution is 5.83. The van der Waals surface area contributed by atoms with Gasteiger partial charge in [-0.25, -0.2) is 15.0 Å². The highest BCUT2D eigenvalue weighted by Crippen LogP contribution is 2.36. The zero-order chi connectivity index (χ0) is 25.8. The smallest absolute Gasteiger partial charge is 0.303 e. The number of phenolic OH excluding ortho intramolecular Hbond substituents is 1. The highest BCUT2D eigenvalue weighted by atomic mass is 16.7. The predicted octanol–water partition coefficient (Wildman–Crippen LogP) is 1.29. The van der Waals surface area contributed by atoms with Crippen molar-refractivity contribution in [3.8, 4) is 5.75 Å². The molecule has 2 unspecified atom stereocenters. The van der Waals surface area contributed by atoms with Gasteiger partial charge in [-0.05, 0) is 12.1 Å². The fourth-order valence-corrected chi connectivity index (χ4v) is 3.76. The van der Waals surface area contributed by atoms with Crippen LogP contribution < -0.4 is 10.9 Å². The summed E-state index contributed by atoms with van der Waals surface area (Å²) in [6.07, 6.45) is -1.36. The largest absolute Gasteiger partial charge is 0.508 e. The number of nitrogens with zero attached hydrogens (tertiary/aromatic N) is 4. The van der Waals surface area contributed by atoms with Gasteiger partial charge in [-0.15, -0.1) is 0 Å². The fraction of sp³-hybridized carbons (Fsp3) is 0.364. The van der Waals surface area contributed by atoms with Crippen molar-refractivity contribution in [2.45, 2.75) is 45.3 Å². The molecule has 14 heteroatoms. The Kier molecular flexibility index (Phi) is 7.15. The third-order valence-corrected chi connectivity index (χ3v) is 5.14. The fourth-order valence-electron chi connectivity index (χ4n) is 3.76. The minimum absolute atomic E-state index is 0.0828. The molecule has 0 saturated carbocycles. The molecule has 1 fully saturated rings. The summed E-state index contributed by atoms with van der Waals surface area (Å²) in [5.41, 5.74) is 7.08. The van der Waals surface area contributed by atoms with Gasteiger partial charge in [0.05, 0.1) is 12.0 Å². The highest BCUT2D eigenvalue weighted by Gasteiger charge is 2.51. The van der Waals surface area contributed by atoms with Gasteiger partial charge in [0.1, 0.15) is 24.8 Å². The zero-order valence-electron chi connectivity index (χ0n) is 19.6. The van der Waals surface area contributed by atoms with Crippen molar-refractivity contribution in [3.63, 3.8) is 0 Å². The van der Waals surface area contributed by atoms with E-state index in [-0.39, 0.29) is 12.4 Å². The van der Waals surface area contributed by atoms with Gasteiger partial charge in [0.25, 0.3) is 0 Å². The average molecular weight is 500 g/mol. The first-order chi connectivity index (χ1) is 17.2. The number of ether oxygens (including phenoxy) is 4. The maximum Gasteiger partial charge on any atom is 0.303 e. The van der Waals surface area contributed by atoms with Crippen LogP contribution in [-0.4, -0.2) is 67.5 Å². The monoisotopic (exact) mass is 500 g/mol. The van der Waals surface area contributed by atoms with Crippen LogP contribution in [0.15, 0.2) is 36.9 Å². The number of aromatic hydroxyl groups is 1. The molecule has 0 aliphatic carbocycles. The van der Waals surface area contributed by atoms with Crippen molar-refractivity contribution in [2.24, 2.45) is 0 Å². The predicted molar refractivity (Wildman–Crippen MR) is 122 cm³/mol. The molecule has 1 saturated heterocycles. The molecular weight excluding hydrogens is 476 g/mol. The molecular formula is C22H24N6O8. The van der Waals surface area contributed by atoms with Crippen LogP contribution in [0, 0.1) is 0 Å². The van der Waals surface area contributed by atoms with Gasteiger partial charge in [0.2, 0.25) is 0 Å². The SMILES string of the molecule is CC(=O)OC[C@H]1O[C@@H](n2cnc3c(NNc4cccc(O)c4)ncnc32)C(OC(C)=O)C1OC(C)=O. The number of hydrogen-bond donors (Lipinski definition) is 3. The number of hydrazine groups is 1. The molecule has 0 amide bonds. The van der Waals surface area contributed by atoms with E-state index in [0.29, 0.717) is 22.7 Å². The number of rotatable bonds is 8. The van der Waals surface area contributed by atoms with Gasteiger partial charge in [-0.2, -0.15) is 0 Å². The summed E-state index contributed by atoms with van der Waals surface area (Å²) in [6.45, 7) is 3.42. The molecule has 0 bridgehead atoms. The summed E-state index contributed by atoms with van der Waals surface area (Å²) in [7, 11) is 0. The van der Waals surface area contributed by atoms with Crippen molar-refractivity contribution >= 4 is 40.6 Å². The number of esters is 3. The quantitative estimate of drug-likeness (QED) is 0.229. The number of benzene rings is 1. The lowest BCUT2D eigenvalue weighted by molar-refractivity contribution is -0.166. The zero-order valence-corrected chi connectivity index (χ0v) is 19.6. The van der Waals surface area contributed by atoms with Crippen molar-refractivity contribution < 1.29 is 38.4 Å². The average Bonchev–Trinajstić information content (AvgIpc) is 3.38. The third kappa shape index (κ3) is 5.43. The number of nitrogens with one attached hydrogen (secondary N) is 2. The Hall–Kier alpha value is -4.46. The van der Waals surface area contributed by atoms with E-state index in [1.165, 1.54) is 50.1 Å². The van der Waals surface area contributed by atoms with Crippen molar-refractivity contribution in [1.82, 2.24) is 19.5 Å². The van der Waals surface area contributed by atoms with Crippen LogP contribution >= 0.6 is 0 Å². The Morgan fingerprint density at radius 2 is 1.78 bits per heavy atom. The van der Waals surface area contributed by atoms with Gasteiger partial charge >= 0.3 is 17.9 Å². The third-order valence-electron chi connectivity index (χ3n) is 5.14. The number of carbonyl (C=O) groups is 3. The molecule has 14 nitrogen and oxygen atoms in total. The van der Waals surface area contributed by atoms with Crippen LogP contribution in [0.1, 0.15) is 27.0 Å². The summed E-state index contributed by atoms with van der Waals surface area (Å²) in [5, 5.41) is 9.64. The molecule has 0 spiro atoms. The summed E-state index contributed by atoms with van der Waals surface area (Å²) in [6, 6.07) is 6.45. The lowest BCUT2D eigenvalue weighted by Gasteiger charge is -2.23. The van der Waals surface area contributed by atoms with E-state index < -0.39 is 42.4 Å². The normalized spacial score (nSPS) is 21.1. The van der Waals surface area contributed by atoms with Crippen molar-refractivity contribution in [1.29, 1.82) is 0 Å².